The first-order chi connectivity index (χ1) is 7.60. The number of methoxy groups -OCH3 is 1. The minimum atomic E-state index is -0.740. The van der Waals surface area contributed by atoms with Gasteiger partial charge in [-0.15, -0.1) is 0 Å². The van der Waals surface area contributed by atoms with Gasteiger partial charge in [-0.3, -0.25) is 9.59 Å². The first-order valence-corrected chi connectivity index (χ1v) is 6.21. The highest BCUT2D eigenvalue weighted by Crippen LogP contribution is 2.16. The molecule has 1 heterocycles. The molecular formula is C9H12INO5. The Morgan fingerprint density at radius 2 is 2.25 bits per heavy atom. The summed E-state index contributed by atoms with van der Waals surface area (Å²) in [5, 5.41) is 0. The van der Waals surface area contributed by atoms with Gasteiger partial charge in [-0.05, 0) is 29.0 Å². The van der Waals surface area contributed by atoms with E-state index in [-0.39, 0.29) is 16.9 Å². The fourth-order valence-corrected chi connectivity index (χ4v) is 1.82. The third-order valence-electron chi connectivity index (χ3n) is 2.34. The highest BCUT2D eigenvalue weighted by atomic mass is 127. The number of rotatable bonds is 2. The Bertz CT molecular complexity index is 306. The summed E-state index contributed by atoms with van der Waals surface area (Å²) in [6, 6.07) is 0. The Kier molecular flexibility index (Phi) is 4.97. The third-order valence-corrected chi connectivity index (χ3v) is 2.65. The number of halogens is 1. The zero-order valence-electron chi connectivity index (χ0n) is 8.77. The molecule has 0 N–H and O–H groups in total. The number of alkyl halides is 1. The molecule has 0 aromatic heterocycles. The van der Waals surface area contributed by atoms with Gasteiger partial charge in [0.15, 0.2) is 5.78 Å². The summed E-state index contributed by atoms with van der Waals surface area (Å²) in [6.45, 7) is 0.243. The molecule has 1 saturated heterocycles. The summed E-state index contributed by atoms with van der Waals surface area (Å²) in [5.74, 6) is -1.55. The van der Waals surface area contributed by atoms with E-state index in [1.807, 2.05) is 22.6 Å². The zero-order chi connectivity index (χ0) is 12.1. The van der Waals surface area contributed by atoms with Crippen molar-refractivity contribution in [3.63, 3.8) is 0 Å². The summed E-state index contributed by atoms with van der Waals surface area (Å²) in [4.78, 5) is 35.4. The summed E-state index contributed by atoms with van der Waals surface area (Å²) >= 11 is 1.89. The van der Waals surface area contributed by atoms with E-state index in [4.69, 9.17) is 4.74 Å². The van der Waals surface area contributed by atoms with Crippen molar-refractivity contribution >= 4 is 40.4 Å². The van der Waals surface area contributed by atoms with Gasteiger partial charge in [0.05, 0.1) is 13.7 Å². The van der Waals surface area contributed by atoms with Crippen molar-refractivity contribution < 1.29 is 23.9 Å². The van der Waals surface area contributed by atoms with Gasteiger partial charge < -0.3 is 14.4 Å². The average molecular weight is 341 g/mol. The third kappa shape index (κ3) is 3.06. The lowest BCUT2D eigenvalue weighted by Crippen LogP contribution is -2.46. The van der Waals surface area contributed by atoms with Crippen LogP contribution < -0.4 is 0 Å². The number of ether oxygens (including phenoxy) is 2. The lowest BCUT2D eigenvalue weighted by molar-refractivity contribution is -0.151. The Hall–Kier alpha value is -0.860. The number of hydrogen-bond donors (Lipinski definition) is 0. The Labute approximate surface area is 106 Å². The number of nitrogens with zero attached hydrogens (tertiary/aromatic N) is 1. The molecule has 90 valence electrons. The van der Waals surface area contributed by atoms with Crippen molar-refractivity contribution in [2.45, 2.75) is 6.42 Å². The molecule has 0 bridgehead atoms. The standard InChI is InChI=1S/C9H12INO5/c1-15-9(14)11-3-2-6(7(12)4-11)8(13)16-5-10/h6H,2-5H2,1H3. The summed E-state index contributed by atoms with van der Waals surface area (Å²) < 4.78 is 9.49. The number of carbonyl (C=O) groups excluding carboxylic acids is 3. The van der Waals surface area contributed by atoms with Crippen molar-refractivity contribution in [2.24, 2.45) is 5.92 Å². The normalized spacial score (nSPS) is 20.5. The molecule has 7 heteroatoms. The van der Waals surface area contributed by atoms with Crippen LogP contribution in [0.3, 0.4) is 0 Å². The molecule has 0 aromatic rings. The van der Waals surface area contributed by atoms with Crippen LogP contribution in [0.25, 0.3) is 0 Å². The number of carbonyl (C=O) groups is 3. The number of amides is 1. The van der Waals surface area contributed by atoms with E-state index >= 15 is 0 Å². The van der Waals surface area contributed by atoms with Gasteiger partial charge in [-0.1, -0.05) is 0 Å². The van der Waals surface area contributed by atoms with Crippen molar-refractivity contribution in [3.05, 3.63) is 0 Å². The van der Waals surface area contributed by atoms with Gasteiger partial charge in [0.25, 0.3) is 0 Å². The predicted molar refractivity (Wildman–Crippen MR) is 62.1 cm³/mol. The van der Waals surface area contributed by atoms with Gasteiger partial charge in [0.2, 0.25) is 0 Å². The topological polar surface area (TPSA) is 72.9 Å². The van der Waals surface area contributed by atoms with Crippen LogP contribution in [0.1, 0.15) is 6.42 Å². The Balaban J connectivity index is 2.55. The first-order valence-electron chi connectivity index (χ1n) is 4.68. The maximum atomic E-state index is 11.6. The molecular weight excluding hydrogens is 329 g/mol. The van der Waals surface area contributed by atoms with Gasteiger partial charge >= 0.3 is 12.1 Å². The second kappa shape index (κ2) is 6.02. The van der Waals surface area contributed by atoms with Crippen LogP contribution in [0.2, 0.25) is 0 Å². The minimum absolute atomic E-state index is 0.0896. The molecule has 1 rings (SSSR count). The van der Waals surface area contributed by atoms with Crippen molar-refractivity contribution in [2.75, 3.05) is 24.8 Å². The van der Waals surface area contributed by atoms with Crippen molar-refractivity contribution in [1.82, 2.24) is 4.90 Å². The predicted octanol–water partition coefficient (Wildman–Crippen LogP) is 0.580. The van der Waals surface area contributed by atoms with E-state index in [0.717, 1.165) is 0 Å². The number of Topliss-reactive ketones (excluding diaryl/α,β-unsaturated/α-hetero) is 1. The molecule has 1 atom stereocenters. The summed E-state index contributed by atoms with van der Waals surface area (Å²) in [7, 11) is 1.25. The van der Waals surface area contributed by atoms with Crippen LogP contribution in [0.4, 0.5) is 4.79 Å². The van der Waals surface area contributed by atoms with Gasteiger partial charge in [0, 0.05) is 6.54 Å². The number of ketones is 1. The van der Waals surface area contributed by atoms with Gasteiger partial charge in [-0.2, -0.15) is 0 Å². The quantitative estimate of drug-likeness (QED) is 0.318. The van der Waals surface area contributed by atoms with Gasteiger partial charge in [-0.25, -0.2) is 4.79 Å². The molecule has 1 unspecified atom stereocenters. The minimum Gasteiger partial charge on any atom is -0.454 e. The van der Waals surface area contributed by atoms with Crippen molar-refractivity contribution in [3.8, 4) is 0 Å². The van der Waals surface area contributed by atoms with Crippen LogP contribution >= 0.6 is 22.6 Å². The molecule has 1 fully saturated rings. The van der Waals surface area contributed by atoms with E-state index in [1.54, 1.807) is 0 Å². The number of piperidine rings is 1. The maximum absolute atomic E-state index is 11.6. The number of hydrogen-bond acceptors (Lipinski definition) is 5. The number of likely N-dealkylation sites (tertiary alicyclic amines) is 1. The average Bonchev–Trinajstić information content (AvgIpc) is 2.28. The fourth-order valence-electron chi connectivity index (χ4n) is 1.51. The molecule has 0 aliphatic carbocycles. The first kappa shape index (κ1) is 13.2. The monoisotopic (exact) mass is 341 g/mol. The maximum Gasteiger partial charge on any atom is 0.409 e. The van der Waals surface area contributed by atoms with Crippen molar-refractivity contribution in [1.29, 1.82) is 0 Å². The lowest BCUT2D eigenvalue weighted by Gasteiger charge is -2.28. The van der Waals surface area contributed by atoms with E-state index < -0.39 is 18.0 Å². The smallest absolute Gasteiger partial charge is 0.409 e. The molecule has 0 aromatic carbocycles. The summed E-state index contributed by atoms with van der Waals surface area (Å²) in [6.07, 6.45) is -0.252. The number of esters is 1. The van der Waals surface area contributed by atoms with E-state index in [2.05, 4.69) is 4.74 Å². The molecule has 0 radical (unpaired) electrons. The second-order valence-electron chi connectivity index (χ2n) is 3.27. The molecule has 1 amide bonds. The zero-order valence-corrected chi connectivity index (χ0v) is 10.9. The van der Waals surface area contributed by atoms with Crippen LogP contribution in [-0.2, 0) is 19.1 Å². The second-order valence-corrected chi connectivity index (χ2v) is 3.89. The van der Waals surface area contributed by atoms with E-state index in [9.17, 15) is 14.4 Å². The van der Waals surface area contributed by atoms with E-state index in [0.29, 0.717) is 13.0 Å². The molecule has 0 spiro atoms. The molecule has 6 nitrogen and oxygen atoms in total. The highest BCUT2D eigenvalue weighted by molar-refractivity contribution is 14.1. The molecule has 0 saturated carbocycles. The SMILES string of the molecule is COC(=O)N1CCC(C(=O)OCI)C(=O)C1. The largest absolute Gasteiger partial charge is 0.454 e. The molecule has 16 heavy (non-hydrogen) atoms. The van der Waals surface area contributed by atoms with Crippen LogP contribution in [0.5, 0.6) is 0 Å². The van der Waals surface area contributed by atoms with Crippen LogP contribution in [0, 0.1) is 5.92 Å². The highest BCUT2D eigenvalue weighted by Gasteiger charge is 2.35. The van der Waals surface area contributed by atoms with E-state index in [1.165, 1.54) is 12.0 Å². The molecule has 1 aliphatic heterocycles. The van der Waals surface area contributed by atoms with Gasteiger partial charge in [0.1, 0.15) is 10.5 Å². The molecule has 1 aliphatic rings. The summed E-state index contributed by atoms with van der Waals surface area (Å²) in [5.41, 5.74) is 0. The Morgan fingerprint density at radius 3 is 2.75 bits per heavy atom. The fraction of sp³-hybridized carbons (Fsp3) is 0.667. The van der Waals surface area contributed by atoms with Crippen LogP contribution in [-0.4, -0.2) is 47.6 Å². The van der Waals surface area contributed by atoms with Crippen LogP contribution in [0.15, 0.2) is 0 Å². The Morgan fingerprint density at radius 1 is 1.56 bits per heavy atom. The lowest BCUT2D eigenvalue weighted by atomic mass is 9.96.